The highest BCUT2D eigenvalue weighted by molar-refractivity contribution is 6.50. The van der Waals surface area contributed by atoms with Crippen molar-refractivity contribution >= 4 is 45.3 Å². The van der Waals surface area contributed by atoms with Gasteiger partial charge in [0.05, 0.1) is 28.6 Å². The van der Waals surface area contributed by atoms with Crippen LogP contribution in [0.25, 0.3) is 27.7 Å². The molecule has 7 nitrogen and oxygen atoms in total. The van der Waals surface area contributed by atoms with Crippen LogP contribution in [-0.2, 0) is 16.1 Å². The fourth-order valence-electron chi connectivity index (χ4n) is 4.39. The lowest BCUT2D eigenvalue weighted by Crippen LogP contribution is -2.23. The van der Waals surface area contributed by atoms with E-state index in [-0.39, 0.29) is 5.78 Å². The quantitative estimate of drug-likeness (QED) is 0.540. The average Bonchev–Trinajstić information content (AvgIpc) is 3.38. The summed E-state index contributed by atoms with van der Waals surface area (Å²) in [5.74, 6) is -0.791. The minimum atomic E-state index is -0.446. The zero-order valence-corrected chi connectivity index (χ0v) is 15.2. The van der Waals surface area contributed by atoms with Crippen LogP contribution in [-0.4, -0.2) is 31.5 Å². The largest absolute Gasteiger partial charge is 0.346 e. The first kappa shape index (κ1) is 16.0. The number of amides is 2. The van der Waals surface area contributed by atoms with Crippen LogP contribution in [0.5, 0.6) is 0 Å². The molecule has 0 aliphatic carbocycles. The number of carbonyl (C=O) groups is 3. The van der Waals surface area contributed by atoms with Crippen molar-refractivity contribution in [2.45, 2.75) is 13.0 Å². The van der Waals surface area contributed by atoms with E-state index in [0.717, 1.165) is 10.9 Å². The van der Waals surface area contributed by atoms with Crippen LogP contribution >= 0.6 is 0 Å². The molecular weight excluding hydrogens is 368 g/mol. The van der Waals surface area contributed by atoms with E-state index in [1.807, 2.05) is 53.4 Å². The van der Waals surface area contributed by atoms with Crippen LogP contribution in [0.1, 0.15) is 28.0 Å². The van der Waals surface area contributed by atoms with E-state index in [9.17, 15) is 14.4 Å². The lowest BCUT2D eigenvalue weighted by molar-refractivity contribution is -0.122. The van der Waals surface area contributed by atoms with Gasteiger partial charge in [0, 0.05) is 41.9 Å². The predicted molar refractivity (Wildman–Crippen MR) is 106 cm³/mol. The van der Waals surface area contributed by atoms with Crippen LogP contribution in [0.2, 0.25) is 0 Å². The van der Waals surface area contributed by atoms with Gasteiger partial charge in [0.2, 0.25) is 0 Å². The summed E-state index contributed by atoms with van der Waals surface area (Å²) in [5.41, 5.74) is 3.98. The summed E-state index contributed by atoms with van der Waals surface area (Å²) in [5, 5.41) is 3.22. The van der Waals surface area contributed by atoms with Crippen LogP contribution in [0.3, 0.4) is 0 Å². The summed E-state index contributed by atoms with van der Waals surface area (Å²) in [4.78, 5) is 42.3. The van der Waals surface area contributed by atoms with Crippen molar-refractivity contribution in [2.24, 2.45) is 0 Å². The van der Waals surface area contributed by atoms with Gasteiger partial charge in [0.15, 0.2) is 5.78 Å². The number of imide groups is 1. The molecule has 0 fully saturated rings. The molecule has 6 rings (SSSR count). The highest BCUT2D eigenvalue weighted by Gasteiger charge is 2.36. The topological polar surface area (TPSA) is 85.5 Å². The maximum absolute atomic E-state index is 12.8. The smallest absolute Gasteiger partial charge is 0.261 e. The van der Waals surface area contributed by atoms with Crippen LogP contribution < -0.4 is 5.32 Å². The number of Topliss-reactive ketones (excluding diaryl/α,β-unsaturated/α-hetero) is 1. The van der Waals surface area contributed by atoms with E-state index in [1.54, 1.807) is 10.6 Å². The molecule has 0 saturated carbocycles. The Labute approximate surface area is 164 Å². The second-order valence-corrected chi connectivity index (χ2v) is 7.22. The molecule has 0 spiro atoms. The molecule has 2 aliphatic heterocycles. The number of fused-ring (bicyclic) bond motifs is 1. The number of hydrogen-bond acceptors (Lipinski definition) is 4. The summed E-state index contributed by atoms with van der Waals surface area (Å²) < 4.78 is 3.79. The number of imidazole rings is 1. The van der Waals surface area contributed by atoms with Crippen molar-refractivity contribution in [3.05, 3.63) is 71.8 Å². The number of nitrogens with zero attached hydrogens (tertiary/aromatic N) is 3. The Kier molecular flexibility index (Phi) is 3.04. The number of benzene rings is 1. The van der Waals surface area contributed by atoms with Crippen molar-refractivity contribution in [1.82, 2.24) is 19.3 Å². The Morgan fingerprint density at radius 1 is 0.931 bits per heavy atom. The van der Waals surface area contributed by atoms with Gasteiger partial charge in [-0.2, -0.15) is 0 Å². The van der Waals surface area contributed by atoms with E-state index < -0.39 is 11.8 Å². The van der Waals surface area contributed by atoms with Crippen molar-refractivity contribution in [1.29, 1.82) is 0 Å². The molecular formula is C22H14N4O3. The number of carbonyl (C=O) groups excluding carboxylic acids is 3. The van der Waals surface area contributed by atoms with E-state index in [4.69, 9.17) is 0 Å². The van der Waals surface area contributed by atoms with Gasteiger partial charge >= 0.3 is 0 Å². The first-order valence-corrected chi connectivity index (χ1v) is 9.31. The second-order valence-electron chi connectivity index (χ2n) is 7.22. The van der Waals surface area contributed by atoms with Gasteiger partial charge in [0.1, 0.15) is 5.65 Å². The minimum absolute atomic E-state index is 0.0932. The molecule has 2 aliphatic rings. The molecule has 1 N–H and O–H groups in total. The second kappa shape index (κ2) is 5.51. The Morgan fingerprint density at radius 2 is 1.79 bits per heavy atom. The number of pyridine rings is 1. The van der Waals surface area contributed by atoms with E-state index in [2.05, 4.69) is 10.3 Å². The molecule has 140 valence electrons. The summed E-state index contributed by atoms with van der Waals surface area (Å²) in [6.07, 6.45) is 5.71. The Bertz CT molecular complexity index is 1440. The Morgan fingerprint density at radius 3 is 2.69 bits per heavy atom. The maximum atomic E-state index is 12.8. The van der Waals surface area contributed by atoms with Gasteiger partial charge in [0.25, 0.3) is 11.8 Å². The molecule has 5 heterocycles. The molecule has 0 bridgehead atoms. The lowest BCUT2D eigenvalue weighted by atomic mass is 9.96. The summed E-state index contributed by atoms with van der Waals surface area (Å²) in [6, 6.07) is 11.1. The third-order valence-corrected chi connectivity index (χ3v) is 5.65. The third-order valence-electron chi connectivity index (χ3n) is 5.65. The molecule has 0 atom stereocenters. The maximum Gasteiger partial charge on any atom is 0.261 e. The fraction of sp³-hybridized carbons (Fsp3) is 0.0909. The lowest BCUT2D eigenvalue weighted by Gasteiger charge is -2.13. The molecule has 0 saturated heterocycles. The van der Waals surface area contributed by atoms with Crippen molar-refractivity contribution in [3.63, 3.8) is 0 Å². The molecule has 7 heteroatoms. The number of hydrogen-bond donors (Lipinski definition) is 1. The van der Waals surface area contributed by atoms with Crippen LogP contribution in [0, 0.1) is 0 Å². The number of para-hydroxylation sites is 1. The van der Waals surface area contributed by atoms with E-state index in [0.29, 0.717) is 46.6 Å². The van der Waals surface area contributed by atoms with Gasteiger partial charge in [-0.05, 0) is 18.2 Å². The van der Waals surface area contributed by atoms with Gasteiger partial charge in [-0.15, -0.1) is 0 Å². The van der Waals surface area contributed by atoms with Gasteiger partial charge in [-0.3, -0.25) is 24.1 Å². The number of aromatic nitrogens is 3. The Hall–Kier alpha value is -4.00. The molecule has 2 amide bonds. The number of nitrogens with one attached hydrogen (secondary N) is 1. The third kappa shape index (κ3) is 2.07. The molecule has 3 aromatic heterocycles. The first-order valence-electron chi connectivity index (χ1n) is 9.31. The van der Waals surface area contributed by atoms with Crippen LogP contribution in [0.4, 0.5) is 0 Å². The number of aryl methyl sites for hydroxylation is 1. The first-order chi connectivity index (χ1) is 14.1. The van der Waals surface area contributed by atoms with E-state index in [1.165, 1.54) is 0 Å². The molecule has 4 aromatic rings. The van der Waals surface area contributed by atoms with E-state index >= 15 is 0 Å². The van der Waals surface area contributed by atoms with Crippen LogP contribution in [0.15, 0.2) is 55.0 Å². The zero-order valence-electron chi connectivity index (χ0n) is 15.2. The monoisotopic (exact) mass is 382 g/mol. The molecule has 1 aromatic carbocycles. The average molecular weight is 382 g/mol. The molecule has 0 radical (unpaired) electrons. The predicted octanol–water partition coefficient (Wildman–Crippen LogP) is 2.44. The summed E-state index contributed by atoms with van der Waals surface area (Å²) in [7, 11) is 0. The highest BCUT2D eigenvalue weighted by atomic mass is 16.2. The van der Waals surface area contributed by atoms with Gasteiger partial charge in [-0.1, -0.05) is 18.2 Å². The Balaban J connectivity index is 1.70. The summed E-state index contributed by atoms with van der Waals surface area (Å²) >= 11 is 0. The SMILES string of the molecule is O=C1NC(=O)C(c2cnc3ccccn23)=C1c1cn2c3c(cccc13)C(=O)CC2. The zero-order chi connectivity index (χ0) is 19.7. The minimum Gasteiger partial charge on any atom is -0.346 e. The highest BCUT2D eigenvalue weighted by Crippen LogP contribution is 2.38. The number of ketones is 1. The molecule has 0 unspecified atom stereocenters. The normalized spacial score (nSPS) is 16.3. The van der Waals surface area contributed by atoms with Crippen molar-refractivity contribution in [3.8, 4) is 0 Å². The van der Waals surface area contributed by atoms with Gasteiger partial charge < -0.3 is 4.57 Å². The van der Waals surface area contributed by atoms with Crippen molar-refractivity contribution < 1.29 is 14.4 Å². The van der Waals surface area contributed by atoms with Crippen molar-refractivity contribution in [2.75, 3.05) is 0 Å². The fourth-order valence-corrected chi connectivity index (χ4v) is 4.39. The molecule has 29 heavy (non-hydrogen) atoms. The van der Waals surface area contributed by atoms with Gasteiger partial charge in [-0.25, -0.2) is 4.98 Å². The number of rotatable bonds is 2. The summed E-state index contributed by atoms with van der Waals surface area (Å²) in [6.45, 7) is 0.556. The standard InChI is InChI=1S/C22H14N4O3/c27-16-7-9-25-11-14(12-4-3-5-13(16)20(12)25)18-19(22(29)24-21(18)28)15-10-23-17-6-1-2-8-26(15)17/h1-6,8,10-11H,7,9H2,(H,24,28,29).